The van der Waals surface area contributed by atoms with Gasteiger partial charge in [-0.05, 0) is 6.42 Å². The largest absolute Gasteiger partial charge is 0.462 e. The van der Waals surface area contributed by atoms with Crippen molar-refractivity contribution in [1.29, 1.82) is 0 Å². The van der Waals surface area contributed by atoms with Gasteiger partial charge in [-0.15, -0.1) is 0 Å². The summed E-state index contributed by atoms with van der Waals surface area (Å²) in [5.74, 6) is -0.777. The van der Waals surface area contributed by atoms with E-state index in [0.717, 1.165) is 6.42 Å². The number of hydrogen-bond donors (Lipinski definition) is 0. The standard InChI is InChI=1S/C23H44O5/c1-4-5-6-7-8-9-10-11-12-13-14-15-16-17-18-26-19-23(28-22(3)25)20-27-21(2)24/h23H,4-20H2,1-3H3. The third-order valence-corrected chi connectivity index (χ3v) is 4.75. The zero-order chi connectivity index (χ0) is 20.9. The predicted molar refractivity (Wildman–Crippen MR) is 113 cm³/mol. The van der Waals surface area contributed by atoms with Crippen molar-refractivity contribution in [3.8, 4) is 0 Å². The molecule has 1 atom stereocenters. The molecular formula is C23H44O5. The zero-order valence-corrected chi connectivity index (χ0v) is 18.6. The highest BCUT2D eigenvalue weighted by atomic mass is 16.6. The molecule has 0 aromatic heterocycles. The molecule has 0 aromatic carbocycles. The summed E-state index contributed by atoms with van der Waals surface area (Å²) < 4.78 is 15.5. The molecule has 5 nitrogen and oxygen atoms in total. The fourth-order valence-electron chi connectivity index (χ4n) is 3.17. The molecule has 0 N–H and O–H groups in total. The number of unbranched alkanes of at least 4 members (excludes halogenated alkanes) is 13. The van der Waals surface area contributed by atoms with E-state index in [4.69, 9.17) is 14.2 Å². The number of ether oxygens (including phenoxy) is 3. The molecule has 0 amide bonds. The molecule has 0 saturated carbocycles. The molecule has 0 radical (unpaired) electrons. The maximum absolute atomic E-state index is 11.1. The second-order valence-corrected chi connectivity index (χ2v) is 7.71. The number of carbonyl (C=O) groups is 2. The number of carbonyl (C=O) groups excluding carboxylic acids is 2. The van der Waals surface area contributed by atoms with E-state index in [-0.39, 0.29) is 19.2 Å². The Morgan fingerprint density at radius 2 is 1.11 bits per heavy atom. The summed E-state index contributed by atoms with van der Waals surface area (Å²) in [5.41, 5.74) is 0. The van der Waals surface area contributed by atoms with Crippen LogP contribution in [0.5, 0.6) is 0 Å². The first-order valence-electron chi connectivity index (χ1n) is 11.4. The molecule has 0 saturated heterocycles. The minimum Gasteiger partial charge on any atom is -0.462 e. The van der Waals surface area contributed by atoms with Gasteiger partial charge in [0.05, 0.1) is 6.61 Å². The summed E-state index contributed by atoms with van der Waals surface area (Å²) in [5, 5.41) is 0. The highest BCUT2D eigenvalue weighted by Gasteiger charge is 2.14. The lowest BCUT2D eigenvalue weighted by Crippen LogP contribution is -2.28. The van der Waals surface area contributed by atoms with Gasteiger partial charge in [0.25, 0.3) is 0 Å². The van der Waals surface area contributed by atoms with Crippen LogP contribution in [0, 0.1) is 0 Å². The summed E-state index contributed by atoms with van der Waals surface area (Å²) in [6.45, 7) is 5.91. The molecule has 28 heavy (non-hydrogen) atoms. The highest BCUT2D eigenvalue weighted by Crippen LogP contribution is 2.13. The van der Waals surface area contributed by atoms with Crippen molar-refractivity contribution in [1.82, 2.24) is 0 Å². The fraction of sp³-hybridized carbons (Fsp3) is 0.913. The van der Waals surface area contributed by atoms with Gasteiger partial charge in [0, 0.05) is 20.5 Å². The predicted octanol–water partition coefficient (Wildman–Crippen LogP) is 5.98. The lowest BCUT2D eigenvalue weighted by molar-refractivity contribution is -0.159. The van der Waals surface area contributed by atoms with Crippen molar-refractivity contribution in [2.45, 2.75) is 117 Å². The third-order valence-electron chi connectivity index (χ3n) is 4.75. The van der Waals surface area contributed by atoms with E-state index in [1.54, 1.807) is 0 Å². The van der Waals surface area contributed by atoms with Gasteiger partial charge >= 0.3 is 11.9 Å². The van der Waals surface area contributed by atoms with Crippen LogP contribution in [0.15, 0.2) is 0 Å². The lowest BCUT2D eigenvalue weighted by Gasteiger charge is -2.16. The van der Waals surface area contributed by atoms with Gasteiger partial charge < -0.3 is 14.2 Å². The number of esters is 2. The Labute approximate surface area is 172 Å². The van der Waals surface area contributed by atoms with Crippen molar-refractivity contribution in [2.24, 2.45) is 0 Å². The normalized spacial score (nSPS) is 12.0. The van der Waals surface area contributed by atoms with Crippen LogP contribution in [-0.4, -0.2) is 37.9 Å². The van der Waals surface area contributed by atoms with Crippen molar-refractivity contribution in [3.05, 3.63) is 0 Å². The van der Waals surface area contributed by atoms with Gasteiger partial charge in [-0.3, -0.25) is 9.59 Å². The first-order valence-corrected chi connectivity index (χ1v) is 11.4. The van der Waals surface area contributed by atoms with Gasteiger partial charge in [0.15, 0.2) is 6.10 Å². The van der Waals surface area contributed by atoms with Crippen molar-refractivity contribution < 1.29 is 23.8 Å². The Bertz CT molecular complexity index is 370. The molecule has 166 valence electrons. The summed E-state index contributed by atoms with van der Waals surface area (Å²) in [6, 6.07) is 0. The molecule has 0 aliphatic carbocycles. The smallest absolute Gasteiger partial charge is 0.303 e. The molecule has 0 aromatic rings. The molecule has 0 bridgehead atoms. The summed E-state index contributed by atoms with van der Waals surface area (Å²) in [7, 11) is 0. The molecule has 5 heteroatoms. The molecule has 0 rings (SSSR count). The SMILES string of the molecule is CCCCCCCCCCCCCCCCOCC(COC(C)=O)OC(C)=O. The van der Waals surface area contributed by atoms with E-state index < -0.39 is 12.1 Å². The molecule has 0 fully saturated rings. The Morgan fingerprint density at radius 3 is 1.54 bits per heavy atom. The van der Waals surface area contributed by atoms with E-state index in [1.807, 2.05) is 0 Å². The summed E-state index contributed by atoms with van der Waals surface area (Å²) in [4.78, 5) is 21.9. The molecule has 0 aliphatic heterocycles. The van der Waals surface area contributed by atoms with Crippen LogP contribution in [-0.2, 0) is 23.8 Å². The van der Waals surface area contributed by atoms with Gasteiger partial charge in [-0.1, -0.05) is 90.4 Å². The van der Waals surface area contributed by atoms with E-state index in [2.05, 4.69) is 6.92 Å². The first-order chi connectivity index (χ1) is 13.6. The Balaban J connectivity index is 3.37. The minimum atomic E-state index is -0.520. The van der Waals surface area contributed by atoms with E-state index >= 15 is 0 Å². The van der Waals surface area contributed by atoms with Crippen molar-refractivity contribution in [3.63, 3.8) is 0 Å². The molecule has 0 aliphatic rings. The summed E-state index contributed by atoms with van der Waals surface area (Å²) in [6.07, 6.45) is 18.1. The molecule has 0 heterocycles. The van der Waals surface area contributed by atoms with Crippen molar-refractivity contribution in [2.75, 3.05) is 19.8 Å². The van der Waals surface area contributed by atoms with Crippen LogP contribution in [0.3, 0.4) is 0 Å². The number of rotatable bonds is 20. The van der Waals surface area contributed by atoms with Gasteiger partial charge in [0.1, 0.15) is 6.61 Å². The zero-order valence-electron chi connectivity index (χ0n) is 18.6. The lowest BCUT2D eigenvalue weighted by atomic mass is 10.0. The monoisotopic (exact) mass is 400 g/mol. The average Bonchev–Trinajstić information content (AvgIpc) is 2.65. The van der Waals surface area contributed by atoms with Gasteiger partial charge in [0.2, 0.25) is 0 Å². The highest BCUT2D eigenvalue weighted by molar-refractivity contribution is 5.67. The molecule has 0 spiro atoms. The summed E-state index contributed by atoms with van der Waals surface area (Å²) >= 11 is 0. The van der Waals surface area contributed by atoms with E-state index in [9.17, 15) is 9.59 Å². The maximum Gasteiger partial charge on any atom is 0.303 e. The molecule has 1 unspecified atom stereocenters. The molecular weight excluding hydrogens is 356 g/mol. The van der Waals surface area contributed by atoms with Gasteiger partial charge in [-0.25, -0.2) is 0 Å². The second kappa shape index (κ2) is 20.6. The van der Waals surface area contributed by atoms with Crippen LogP contribution in [0.25, 0.3) is 0 Å². The van der Waals surface area contributed by atoms with E-state index in [0.29, 0.717) is 6.61 Å². The van der Waals surface area contributed by atoms with Gasteiger partial charge in [-0.2, -0.15) is 0 Å². The Morgan fingerprint density at radius 1 is 0.643 bits per heavy atom. The van der Waals surface area contributed by atoms with Crippen molar-refractivity contribution >= 4 is 11.9 Å². The van der Waals surface area contributed by atoms with Crippen LogP contribution < -0.4 is 0 Å². The van der Waals surface area contributed by atoms with Crippen LogP contribution in [0.2, 0.25) is 0 Å². The first kappa shape index (κ1) is 26.9. The third kappa shape index (κ3) is 21.2. The second-order valence-electron chi connectivity index (χ2n) is 7.71. The van der Waals surface area contributed by atoms with Crippen LogP contribution >= 0.6 is 0 Å². The van der Waals surface area contributed by atoms with Crippen LogP contribution in [0.1, 0.15) is 111 Å². The van der Waals surface area contributed by atoms with E-state index in [1.165, 1.54) is 97.3 Å². The average molecular weight is 401 g/mol. The maximum atomic E-state index is 11.1. The van der Waals surface area contributed by atoms with Crippen LogP contribution in [0.4, 0.5) is 0 Å². The topological polar surface area (TPSA) is 61.8 Å². The quantitative estimate of drug-likeness (QED) is 0.186. The fourth-order valence-corrected chi connectivity index (χ4v) is 3.17. The Kier molecular flexibility index (Phi) is 19.8. The Hall–Kier alpha value is -1.10. The number of hydrogen-bond acceptors (Lipinski definition) is 5. The minimum absolute atomic E-state index is 0.0493.